The highest BCUT2D eigenvalue weighted by molar-refractivity contribution is 5.79. The molecular formula is C12H15NO2. The van der Waals surface area contributed by atoms with E-state index in [-0.39, 0.29) is 11.9 Å². The first kappa shape index (κ1) is 10.2. The Morgan fingerprint density at radius 1 is 1.53 bits per heavy atom. The first-order valence-corrected chi connectivity index (χ1v) is 5.11. The van der Waals surface area contributed by atoms with Crippen LogP contribution in [0.1, 0.15) is 22.6 Å². The molecule has 0 fully saturated rings. The Kier molecular flexibility index (Phi) is 2.73. The van der Waals surface area contributed by atoms with Crippen LogP contribution >= 0.6 is 0 Å². The van der Waals surface area contributed by atoms with E-state index in [2.05, 4.69) is 11.4 Å². The molecule has 1 aromatic rings. The monoisotopic (exact) mass is 205 g/mol. The van der Waals surface area contributed by atoms with Crippen molar-refractivity contribution in [3.63, 3.8) is 0 Å². The van der Waals surface area contributed by atoms with E-state index >= 15 is 0 Å². The lowest BCUT2D eigenvalue weighted by molar-refractivity contribution is -0.142. The Labute approximate surface area is 89.4 Å². The van der Waals surface area contributed by atoms with Crippen molar-refractivity contribution in [3.8, 4) is 0 Å². The summed E-state index contributed by atoms with van der Waals surface area (Å²) in [5, 5.41) is 3.23. The second-order valence-corrected chi connectivity index (χ2v) is 3.85. The van der Waals surface area contributed by atoms with Gasteiger partial charge in [0.2, 0.25) is 0 Å². The predicted molar refractivity (Wildman–Crippen MR) is 57.6 cm³/mol. The first-order chi connectivity index (χ1) is 7.24. The standard InChI is InChI=1S/C12H15NO2/c1-8-4-3-5-9-6-13-7-10(11(8)9)12(14)15-2/h3-5,10,13H,6-7H2,1-2H3. The third kappa shape index (κ3) is 1.75. The molecule has 0 saturated carbocycles. The van der Waals surface area contributed by atoms with Crippen LogP contribution in [0.4, 0.5) is 0 Å². The number of benzene rings is 1. The van der Waals surface area contributed by atoms with E-state index in [4.69, 9.17) is 4.74 Å². The van der Waals surface area contributed by atoms with Gasteiger partial charge in [0.05, 0.1) is 13.0 Å². The highest BCUT2D eigenvalue weighted by Crippen LogP contribution is 2.27. The summed E-state index contributed by atoms with van der Waals surface area (Å²) in [4.78, 5) is 11.6. The maximum absolute atomic E-state index is 11.6. The molecule has 0 saturated heterocycles. The van der Waals surface area contributed by atoms with Crippen LogP contribution in [0.3, 0.4) is 0 Å². The van der Waals surface area contributed by atoms with Gasteiger partial charge in [-0.1, -0.05) is 18.2 Å². The lowest BCUT2D eigenvalue weighted by atomic mass is 9.87. The lowest BCUT2D eigenvalue weighted by Gasteiger charge is -2.26. The Bertz CT molecular complexity index is 387. The molecule has 0 aromatic heterocycles. The first-order valence-electron chi connectivity index (χ1n) is 5.11. The van der Waals surface area contributed by atoms with Gasteiger partial charge in [-0.3, -0.25) is 4.79 Å². The van der Waals surface area contributed by atoms with Crippen LogP contribution in [0.15, 0.2) is 18.2 Å². The number of ether oxygens (including phenoxy) is 1. The quantitative estimate of drug-likeness (QED) is 0.703. The largest absolute Gasteiger partial charge is 0.469 e. The maximum atomic E-state index is 11.6. The van der Waals surface area contributed by atoms with Crippen LogP contribution in [0, 0.1) is 6.92 Å². The number of esters is 1. The molecule has 0 bridgehead atoms. The van der Waals surface area contributed by atoms with E-state index in [1.54, 1.807) is 0 Å². The van der Waals surface area contributed by atoms with E-state index in [1.807, 2.05) is 19.1 Å². The Morgan fingerprint density at radius 2 is 2.33 bits per heavy atom. The Morgan fingerprint density at radius 3 is 3.07 bits per heavy atom. The Hall–Kier alpha value is -1.35. The van der Waals surface area contributed by atoms with E-state index in [9.17, 15) is 4.79 Å². The topological polar surface area (TPSA) is 38.3 Å². The third-order valence-corrected chi connectivity index (χ3v) is 2.91. The second-order valence-electron chi connectivity index (χ2n) is 3.85. The number of nitrogens with one attached hydrogen (secondary N) is 1. The average Bonchev–Trinajstić information content (AvgIpc) is 2.28. The molecule has 0 amide bonds. The SMILES string of the molecule is COC(=O)C1CNCc2cccc(C)c21. The van der Waals surface area contributed by atoms with Crippen LogP contribution in [0.2, 0.25) is 0 Å². The van der Waals surface area contributed by atoms with Gasteiger partial charge in [-0.2, -0.15) is 0 Å². The van der Waals surface area contributed by atoms with Crippen molar-refractivity contribution in [2.24, 2.45) is 0 Å². The molecule has 1 heterocycles. The van der Waals surface area contributed by atoms with E-state index < -0.39 is 0 Å². The van der Waals surface area contributed by atoms with Gasteiger partial charge in [0, 0.05) is 13.1 Å². The van der Waals surface area contributed by atoms with E-state index in [1.165, 1.54) is 18.2 Å². The summed E-state index contributed by atoms with van der Waals surface area (Å²) < 4.78 is 4.82. The molecule has 80 valence electrons. The summed E-state index contributed by atoms with van der Waals surface area (Å²) in [5.74, 6) is -0.308. The number of aryl methyl sites for hydroxylation is 1. The van der Waals surface area contributed by atoms with Crippen molar-refractivity contribution in [1.82, 2.24) is 5.32 Å². The van der Waals surface area contributed by atoms with Crippen molar-refractivity contribution < 1.29 is 9.53 Å². The zero-order valence-corrected chi connectivity index (χ0v) is 9.04. The highest BCUT2D eigenvalue weighted by Gasteiger charge is 2.28. The van der Waals surface area contributed by atoms with Crippen LogP contribution in [0.5, 0.6) is 0 Å². The van der Waals surface area contributed by atoms with Crippen molar-refractivity contribution in [2.45, 2.75) is 19.4 Å². The van der Waals surface area contributed by atoms with Crippen molar-refractivity contribution in [2.75, 3.05) is 13.7 Å². The van der Waals surface area contributed by atoms with Crippen molar-refractivity contribution in [1.29, 1.82) is 0 Å². The van der Waals surface area contributed by atoms with Crippen LogP contribution in [0.25, 0.3) is 0 Å². The molecule has 1 aliphatic rings. The van der Waals surface area contributed by atoms with E-state index in [0.717, 1.165) is 12.1 Å². The summed E-state index contributed by atoms with van der Waals surface area (Å²) in [6.07, 6.45) is 0. The van der Waals surface area contributed by atoms with Gasteiger partial charge in [-0.05, 0) is 23.6 Å². The fraction of sp³-hybridized carbons (Fsp3) is 0.417. The molecular weight excluding hydrogens is 190 g/mol. The minimum Gasteiger partial charge on any atom is -0.469 e. The highest BCUT2D eigenvalue weighted by atomic mass is 16.5. The summed E-state index contributed by atoms with van der Waals surface area (Å²) >= 11 is 0. The molecule has 0 spiro atoms. The van der Waals surface area contributed by atoms with Crippen LogP contribution < -0.4 is 5.32 Å². The zero-order chi connectivity index (χ0) is 10.8. The number of rotatable bonds is 1. The predicted octanol–water partition coefficient (Wildman–Crippen LogP) is 1.35. The minimum atomic E-state index is -0.155. The van der Waals surface area contributed by atoms with Gasteiger partial charge in [0.15, 0.2) is 0 Å². The number of methoxy groups -OCH3 is 1. The molecule has 1 aromatic carbocycles. The maximum Gasteiger partial charge on any atom is 0.314 e. The summed E-state index contributed by atoms with van der Waals surface area (Å²) in [6.45, 7) is 3.55. The Balaban J connectivity index is 2.45. The number of fused-ring (bicyclic) bond motifs is 1. The van der Waals surface area contributed by atoms with Crippen LogP contribution in [-0.4, -0.2) is 19.6 Å². The molecule has 0 radical (unpaired) electrons. The van der Waals surface area contributed by atoms with Crippen LogP contribution in [-0.2, 0) is 16.1 Å². The smallest absolute Gasteiger partial charge is 0.314 e. The molecule has 2 rings (SSSR count). The van der Waals surface area contributed by atoms with Gasteiger partial charge < -0.3 is 10.1 Å². The minimum absolute atomic E-state index is 0.153. The summed E-state index contributed by atoms with van der Waals surface area (Å²) in [7, 11) is 1.44. The molecule has 3 nitrogen and oxygen atoms in total. The number of hydrogen-bond acceptors (Lipinski definition) is 3. The average molecular weight is 205 g/mol. The fourth-order valence-electron chi connectivity index (χ4n) is 2.19. The molecule has 15 heavy (non-hydrogen) atoms. The van der Waals surface area contributed by atoms with Gasteiger partial charge in [0.25, 0.3) is 0 Å². The van der Waals surface area contributed by atoms with Crippen molar-refractivity contribution in [3.05, 3.63) is 34.9 Å². The zero-order valence-electron chi connectivity index (χ0n) is 9.04. The molecule has 1 atom stereocenters. The summed E-state index contributed by atoms with van der Waals surface area (Å²) in [6, 6.07) is 6.13. The van der Waals surface area contributed by atoms with Gasteiger partial charge in [0.1, 0.15) is 0 Å². The van der Waals surface area contributed by atoms with Crippen molar-refractivity contribution >= 4 is 5.97 Å². The van der Waals surface area contributed by atoms with Gasteiger partial charge >= 0.3 is 5.97 Å². The normalized spacial score (nSPS) is 19.5. The molecule has 1 aliphatic heterocycles. The molecule has 1 unspecified atom stereocenters. The summed E-state index contributed by atoms with van der Waals surface area (Å²) in [5.41, 5.74) is 3.52. The molecule has 3 heteroatoms. The molecule has 0 aliphatic carbocycles. The lowest BCUT2D eigenvalue weighted by Crippen LogP contribution is -2.33. The van der Waals surface area contributed by atoms with E-state index in [0.29, 0.717) is 6.54 Å². The number of carbonyl (C=O) groups is 1. The van der Waals surface area contributed by atoms with Gasteiger partial charge in [-0.25, -0.2) is 0 Å². The number of hydrogen-bond donors (Lipinski definition) is 1. The molecule has 1 N–H and O–H groups in total. The second kappa shape index (κ2) is 4.03. The fourth-order valence-corrected chi connectivity index (χ4v) is 2.19. The van der Waals surface area contributed by atoms with Gasteiger partial charge in [-0.15, -0.1) is 0 Å². The number of carbonyl (C=O) groups excluding carboxylic acids is 1. The third-order valence-electron chi connectivity index (χ3n) is 2.91.